The van der Waals surface area contributed by atoms with Gasteiger partial charge in [0.2, 0.25) is 5.91 Å². The normalized spacial score (nSPS) is 15.2. The van der Waals surface area contributed by atoms with Gasteiger partial charge in [-0.2, -0.15) is 4.98 Å². The number of esters is 1. The van der Waals surface area contributed by atoms with Gasteiger partial charge in [0.05, 0.1) is 0 Å². The topological polar surface area (TPSA) is 148 Å². The van der Waals surface area contributed by atoms with E-state index in [2.05, 4.69) is 80.1 Å². The molecule has 0 aliphatic carbocycles. The maximum atomic E-state index is 12.8. The second-order valence-electron chi connectivity index (χ2n) is 14.7. The summed E-state index contributed by atoms with van der Waals surface area (Å²) < 4.78 is 12.9. The number of carbonyl (C=O) groups excluding carboxylic acids is 2. The third kappa shape index (κ3) is 21.1. The molecule has 0 saturated carbocycles. The Labute approximate surface area is 344 Å². The maximum Gasteiger partial charge on any atom is 0.351 e. The summed E-state index contributed by atoms with van der Waals surface area (Å²) in [5.74, 6) is 0.403. The molecule has 0 spiro atoms. The number of amides is 1. The SMILES string of the molecule is O=C(CCCCCNCCCCCNCc1ccccc1)Nc1ccn(C2CSC(COC(=O)CCCCCNCCCCCNCc3ccccc3)O2)c(=O)n1. The number of unbranched alkanes of at least 4 members (excludes halogenated alkanes) is 8. The van der Waals surface area contributed by atoms with Crippen LogP contribution in [0.2, 0.25) is 0 Å². The summed E-state index contributed by atoms with van der Waals surface area (Å²) in [6.07, 6.45) is 14.5. The zero-order valence-corrected chi connectivity index (χ0v) is 34.7. The highest BCUT2D eigenvalue weighted by Crippen LogP contribution is 2.31. The molecule has 2 atom stereocenters. The number of hydrogen-bond acceptors (Lipinski definition) is 11. The number of aromatic nitrogens is 2. The van der Waals surface area contributed by atoms with Crippen molar-refractivity contribution in [3.8, 4) is 0 Å². The fraction of sp³-hybridized carbons (Fsp3) is 0.591. The molecule has 3 aromatic rings. The lowest BCUT2D eigenvalue weighted by molar-refractivity contribution is -0.147. The second-order valence-corrected chi connectivity index (χ2v) is 15.8. The molecule has 0 bridgehead atoms. The van der Waals surface area contributed by atoms with Gasteiger partial charge in [-0.1, -0.05) is 86.3 Å². The number of anilines is 1. The van der Waals surface area contributed by atoms with Crippen LogP contribution in [0.15, 0.2) is 77.7 Å². The van der Waals surface area contributed by atoms with E-state index in [1.54, 1.807) is 12.3 Å². The lowest BCUT2D eigenvalue weighted by atomic mass is 10.2. The first-order valence-electron chi connectivity index (χ1n) is 21.3. The molecule has 5 N–H and O–H groups in total. The highest BCUT2D eigenvalue weighted by Gasteiger charge is 2.29. The summed E-state index contributed by atoms with van der Waals surface area (Å²) in [5.41, 5.74) is 1.80. The highest BCUT2D eigenvalue weighted by atomic mass is 32.2. The van der Waals surface area contributed by atoms with Crippen LogP contribution < -0.4 is 32.3 Å². The summed E-state index contributed by atoms with van der Waals surface area (Å²) in [5, 5.41) is 16.7. The monoisotopic (exact) mass is 805 g/mol. The van der Waals surface area contributed by atoms with Crippen molar-refractivity contribution in [2.45, 2.75) is 115 Å². The summed E-state index contributed by atoms with van der Waals surface area (Å²) in [7, 11) is 0. The lowest BCUT2D eigenvalue weighted by Gasteiger charge is -2.15. The van der Waals surface area contributed by atoms with Crippen molar-refractivity contribution < 1.29 is 19.1 Å². The van der Waals surface area contributed by atoms with E-state index in [1.165, 1.54) is 66.0 Å². The molecule has 2 heterocycles. The molecule has 13 heteroatoms. The van der Waals surface area contributed by atoms with Gasteiger partial charge < -0.3 is 36.1 Å². The predicted octanol–water partition coefficient (Wildman–Crippen LogP) is 6.53. The summed E-state index contributed by atoms with van der Waals surface area (Å²) >= 11 is 1.50. The standard InChI is InChI=1S/C44H67N7O5S/c52-40(23-11-3-13-26-45-28-15-5-17-30-47-33-37-19-7-1-8-20-37)49-39-25-32-51(44(54)50-39)41-36-57-43(56-41)35-55-42(53)24-12-4-14-27-46-29-16-6-18-31-48-34-38-21-9-2-10-22-38/h1-2,7-10,19-22,25,32,41,43,45-48H,3-6,11-18,23-24,26-31,33-36H2,(H,49,50,52,54). The molecular formula is C44H67N7O5S. The number of hydrogen-bond donors (Lipinski definition) is 5. The van der Waals surface area contributed by atoms with E-state index in [1.807, 2.05) is 12.1 Å². The van der Waals surface area contributed by atoms with Crippen LogP contribution in [0.4, 0.5) is 5.82 Å². The van der Waals surface area contributed by atoms with Crippen LogP contribution in [0.3, 0.4) is 0 Å². The Kier molecular flexibility index (Phi) is 23.9. The van der Waals surface area contributed by atoms with Gasteiger partial charge in [-0.3, -0.25) is 14.2 Å². The van der Waals surface area contributed by atoms with Crippen LogP contribution in [-0.4, -0.2) is 78.5 Å². The molecule has 1 aromatic heterocycles. The smallest absolute Gasteiger partial charge is 0.351 e. The third-order valence-corrected chi connectivity index (χ3v) is 10.9. The fourth-order valence-electron chi connectivity index (χ4n) is 6.49. The summed E-state index contributed by atoms with van der Waals surface area (Å²) in [6, 6.07) is 22.6. The minimum Gasteiger partial charge on any atom is -0.462 e. The number of rotatable bonds is 32. The van der Waals surface area contributed by atoms with Crippen molar-refractivity contribution >= 4 is 29.5 Å². The van der Waals surface area contributed by atoms with Gasteiger partial charge in [0.25, 0.3) is 0 Å². The minimum atomic E-state index is -0.511. The molecule has 12 nitrogen and oxygen atoms in total. The predicted molar refractivity (Wildman–Crippen MR) is 231 cm³/mol. The van der Waals surface area contributed by atoms with Crippen LogP contribution in [-0.2, 0) is 32.2 Å². The minimum absolute atomic E-state index is 0.142. The van der Waals surface area contributed by atoms with Crippen LogP contribution in [0, 0.1) is 0 Å². The zero-order chi connectivity index (χ0) is 40.0. The zero-order valence-electron chi connectivity index (χ0n) is 33.9. The van der Waals surface area contributed by atoms with Crippen molar-refractivity contribution in [3.05, 3.63) is 94.5 Å². The van der Waals surface area contributed by atoms with Crippen LogP contribution in [0.1, 0.15) is 107 Å². The average molecular weight is 806 g/mol. The van der Waals surface area contributed by atoms with E-state index >= 15 is 0 Å². The van der Waals surface area contributed by atoms with Crippen LogP contribution in [0.5, 0.6) is 0 Å². The first kappa shape index (κ1) is 46.1. The van der Waals surface area contributed by atoms with Gasteiger partial charge in [-0.05, 0) is 108 Å². The Morgan fingerprint density at radius 1 is 0.667 bits per heavy atom. The van der Waals surface area contributed by atoms with Crippen LogP contribution in [0.25, 0.3) is 0 Å². The molecule has 4 rings (SSSR count). The van der Waals surface area contributed by atoms with Crippen molar-refractivity contribution in [3.63, 3.8) is 0 Å². The van der Waals surface area contributed by atoms with Crippen molar-refractivity contribution in [2.75, 3.05) is 56.9 Å². The Morgan fingerprint density at radius 3 is 1.72 bits per heavy atom. The number of thioether (sulfide) groups is 1. The molecule has 1 aliphatic heterocycles. The average Bonchev–Trinajstić information content (AvgIpc) is 3.70. The van der Waals surface area contributed by atoms with Gasteiger partial charge >= 0.3 is 11.7 Å². The molecule has 1 aliphatic rings. The molecule has 1 fully saturated rings. The Hall–Kier alpha value is -3.59. The Bertz CT molecular complexity index is 1570. The first-order chi connectivity index (χ1) is 28.1. The maximum absolute atomic E-state index is 12.8. The number of benzene rings is 2. The molecular weight excluding hydrogens is 739 g/mol. The Morgan fingerprint density at radius 2 is 1.18 bits per heavy atom. The molecule has 1 amide bonds. The molecule has 314 valence electrons. The first-order valence-corrected chi connectivity index (χ1v) is 22.3. The van der Waals surface area contributed by atoms with Gasteiger partial charge in [0, 0.05) is 37.9 Å². The van der Waals surface area contributed by atoms with E-state index in [9.17, 15) is 14.4 Å². The van der Waals surface area contributed by atoms with Crippen molar-refractivity contribution in [1.82, 2.24) is 30.8 Å². The number of ether oxygens (including phenoxy) is 2. The summed E-state index contributed by atoms with van der Waals surface area (Å²) in [6.45, 7) is 8.03. The van der Waals surface area contributed by atoms with Crippen LogP contribution >= 0.6 is 11.8 Å². The fourth-order valence-corrected chi connectivity index (χ4v) is 7.48. The van der Waals surface area contributed by atoms with E-state index in [-0.39, 0.29) is 29.7 Å². The molecule has 57 heavy (non-hydrogen) atoms. The lowest BCUT2D eigenvalue weighted by Crippen LogP contribution is -2.29. The van der Waals surface area contributed by atoms with E-state index in [0.717, 1.165) is 90.9 Å². The van der Waals surface area contributed by atoms with E-state index in [0.29, 0.717) is 18.6 Å². The third-order valence-electron chi connectivity index (χ3n) is 9.77. The van der Waals surface area contributed by atoms with Crippen molar-refractivity contribution in [1.29, 1.82) is 0 Å². The largest absolute Gasteiger partial charge is 0.462 e. The van der Waals surface area contributed by atoms with Gasteiger partial charge in [0.15, 0.2) is 0 Å². The quantitative estimate of drug-likeness (QED) is 0.0347. The molecule has 2 aromatic carbocycles. The Balaban J connectivity index is 0.920. The number of nitrogens with zero attached hydrogens (tertiary/aromatic N) is 2. The molecule has 0 radical (unpaired) electrons. The van der Waals surface area contributed by atoms with E-state index in [4.69, 9.17) is 9.47 Å². The van der Waals surface area contributed by atoms with E-state index < -0.39 is 11.9 Å². The second kappa shape index (κ2) is 29.6. The van der Waals surface area contributed by atoms with Gasteiger partial charge in [-0.25, -0.2) is 4.79 Å². The number of carbonyl (C=O) groups is 2. The van der Waals surface area contributed by atoms with Gasteiger partial charge in [0.1, 0.15) is 24.1 Å². The molecule has 1 saturated heterocycles. The summed E-state index contributed by atoms with van der Waals surface area (Å²) in [4.78, 5) is 41.6. The molecule has 2 unspecified atom stereocenters. The van der Waals surface area contributed by atoms with Gasteiger partial charge in [-0.15, -0.1) is 11.8 Å². The highest BCUT2D eigenvalue weighted by molar-refractivity contribution is 8.00. The number of nitrogens with one attached hydrogen (secondary N) is 5. The van der Waals surface area contributed by atoms with Crippen molar-refractivity contribution in [2.24, 2.45) is 0 Å².